The fraction of sp³-hybridized carbons (Fsp3) is 0.0870. The van der Waals surface area contributed by atoms with E-state index in [1.807, 2.05) is 6.07 Å². The van der Waals surface area contributed by atoms with Gasteiger partial charge < -0.3 is 9.15 Å². The lowest BCUT2D eigenvalue weighted by Gasteiger charge is -2.25. The number of halogens is 2. The minimum absolute atomic E-state index is 0.0796. The molecular weight excluding hydrogens is 455 g/mol. The molecule has 0 aliphatic carbocycles. The molecule has 1 fully saturated rings. The first-order valence-electron chi connectivity index (χ1n) is 9.49. The Kier molecular flexibility index (Phi) is 6.30. The van der Waals surface area contributed by atoms with Crippen LogP contribution in [0.25, 0.3) is 6.08 Å². The fourth-order valence-electron chi connectivity index (χ4n) is 3.02. The van der Waals surface area contributed by atoms with E-state index in [-0.39, 0.29) is 12.1 Å². The minimum atomic E-state index is -0.792. The molecule has 0 saturated carbocycles. The Morgan fingerprint density at radius 3 is 2.47 bits per heavy atom. The zero-order valence-electron chi connectivity index (χ0n) is 16.5. The lowest BCUT2D eigenvalue weighted by atomic mass is 10.1. The van der Waals surface area contributed by atoms with Crippen LogP contribution in [0.1, 0.15) is 16.9 Å². The molecule has 3 aromatic rings. The highest BCUT2D eigenvalue weighted by atomic mass is 35.5. The first-order valence-corrected chi connectivity index (χ1v) is 10.2. The molecule has 0 unspecified atom stereocenters. The monoisotopic (exact) mass is 470 g/mol. The number of nitrogens with zero attached hydrogens (tertiary/aromatic N) is 1. The highest BCUT2D eigenvalue weighted by Crippen LogP contribution is 2.24. The van der Waals surface area contributed by atoms with Crippen LogP contribution < -0.4 is 10.1 Å². The summed E-state index contributed by atoms with van der Waals surface area (Å²) in [4.78, 5) is 38.0. The molecule has 4 rings (SSSR count). The Bertz CT molecular complexity index is 1200. The van der Waals surface area contributed by atoms with Crippen LogP contribution in [0, 0.1) is 0 Å². The SMILES string of the molecule is O=C1NC(=O)N(Cc2ccco2)C(=O)/C1=C/c1ccc(OCc2ccc(Cl)c(Cl)c2)cc1. The van der Waals surface area contributed by atoms with Crippen molar-refractivity contribution in [3.8, 4) is 5.75 Å². The summed E-state index contributed by atoms with van der Waals surface area (Å²) in [7, 11) is 0. The number of carbonyl (C=O) groups is 3. The van der Waals surface area contributed by atoms with E-state index < -0.39 is 17.8 Å². The Morgan fingerprint density at radius 1 is 1.00 bits per heavy atom. The Morgan fingerprint density at radius 2 is 1.78 bits per heavy atom. The van der Waals surface area contributed by atoms with Crippen LogP contribution in [-0.2, 0) is 22.7 Å². The summed E-state index contributed by atoms with van der Waals surface area (Å²) in [5.74, 6) is -0.441. The van der Waals surface area contributed by atoms with Gasteiger partial charge in [0.25, 0.3) is 11.8 Å². The fourth-order valence-corrected chi connectivity index (χ4v) is 3.34. The van der Waals surface area contributed by atoms with Gasteiger partial charge in [0.2, 0.25) is 0 Å². The van der Waals surface area contributed by atoms with Crippen LogP contribution >= 0.6 is 23.2 Å². The summed E-state index contributed by atoms with van der Waals surface area (Å²) < 4.78 is 10.9. The molecule has 162 valence electrons. The number of nitrogens with one attached hydrogen (secondary N) is 1. The van der Waals surface area contributed by atoms with E-state index in [4.69, 9.17) is 32.4 Å². The van der Waals surface area contributed by atoms with Crippen LogP contribution in [0.3, 0.4) is 0 Å². The molecule has 9 heteroatoms. The molecule has 0 radical (unpaired) electrons. The molecule has 0 atom stereocenters. The van der Waals surface area contributed by atoms with E-state index in [0.29, 0.717) is 33.7 Å². The second-order valence-corrected chi connectivity index (χ2v) is 7.71. The molecule has 1 N–H and O–H groups in total. The van der Waals surface area contributed by atoms with E-state index in [1.54, 1.807) is 48.5 Å². The molecular formula is C23H16Cl2N2O5. The van der Waals surface area contributed by atoms with Crippen molar-refractivity contribution in [1.82, 2.24) is 10.2 Å². The van der Waals surface area contributed by atoms with Gasteiger partial charge in [0.05, 0.1) is 22.9 Å². The first-order chi connectivity index (χ1) is 15.4. The maximum Gasteiger partial charge on any atom is 0.331 e. The molecule has 32 heavy (non-hydrogen) atoms. The van der Waals surface area contributed by atoms with Gasteiger partial charge in [-0.15, -0.1) is 0 Å². The lowest BCUT2D eigenvalue weighted by molar-refractivity contribution is -0.130. The maximum atomic E-state index is 12.7. The number of amides is 4. The molecule has 4 amide bonds. The van der Waals surface area contributed by atoms with Crippen molar-refractivity contribution in [2.75, 3.05) is 0 Å². The zero-order valence-corrected chi connectivity index (χ0v) is 18.0. The minimum Gasteiger partial charge on any atom is -0.489 e. The summed E-state index contributed by atoms with van der Waals surface area (Å²) in [6.07, 6.45) is 2.86. The number of benzene rings is 2. The van der Waals surface area contributed by atoms with Crippen molar-refractivity contribution in [2.45, 2.75) is 13.2 Å². The molecule has 1 aliphatic heterocycles. The van der Waals surface area contributed by atoms with Gasteiger partial charge in [-0.1, -0.05) is 41.4 Å². The quantitative estimate of drug-likeness (QED) is 0.411. The molecule has 1 aromatic heterocycles. The molecule has 0 spiro atoms. The second-order valence-electron chi connectivity index (χ2n) is 6.89. The topological polar surface area (TPSA) is 88.9 Å². The van der Waals surface area contributed by atoms with Crippen molar-refractivity contribution in [3.05, 3.63) is 93.4 Å². The summed E-state index contributed by atoms with van der Waals surface area (Å²) in [6, 6.07) is 14.6. The van der Waals surface area contributed by atoms with Crippen molar-refractivity contribution in [2.24, 2.45) is 0 Å². The third-order valence-electron chi connectivity index (χ3n) is 4.66. The third kappa shape index (κ3) is 4.85. The van der Waals surface area contributed by atoms with Crippen molar-refractivity contribution in [3.63, 3.8) is 0 Å². The predicted molar refractivity (Wildman–Crippen MR) is 118 cm³/mol. The molecule has 2 heterocycles. The average Bonchev–Trinajstić information content (AvgIpc) is 3.29. The zero-order chi connectivity index (χ0) is 22.7. The molecule has 2 aromatic carbocycles. The molecule has 1 aliphatic rings. The number of urea groups is 1. The summed E-state index contributed by atoms with van der Waals surface area (Å²) in [5, 5.41) is 3.09. The number of rotatable bonds is 6. The Hall–Kier alpha value is -3.55. The van der Waals surface area contributed by atoms with Crippen LogP contribution in [0.15, 0.2) is 70.9 Å². The van der Waals surface area contributed by atoms with Crippen LogP contribution in [0.5, 0.6) is 5.75 Å². The summed E-state index contributed by atoms with van der Waals surface area (Å²) >= 11 is 11.9. The normalized spacial score (nSPS) is 15.2. The molecule has 0 bridgehead atoms. The smallest absolute Gasteiger partial charge is 0.331 e. The number of furan rings is 1. The predicted octanol–water partition coefficient (Wildman–Crippen LogP) is 4.83. The van der Waals surface area contributed by atoms with E-state index >= 15 is 0 Å². The van der Waals surface area contributed by atoms with E-state index in [1.165, 1.54) is 12.3 Å². The van der Waals surface area contributed by atoms with Crippen LogP contribution in [-0.4, -0.2) is 22.7 Å². The second kappa shape index (κ2) is 9.30. The number of barbiturate groups is 1. The summed E-state index contributed by atoms with van der Waals surface area (Å²) in [6.45, 7) is 0.214. The Labute approximate surface area is 193 Å². The van der Waals surface area contributed by atoms with Crippen molar-refractivity contribution >= 4 is 47.1 Å². The third-order valence-corrected chi connectivity index (χ3v) is 5.40. The standard InChI is InChI=1S/C23H16Cl2N2O5/c24-19-8-5-15(11-20(19)25)13-32-16-6-3-14(4-7-16)10-18-21(28)26-23(30)27(22(18)29)12-17-2-1-9-31-17/h1-11H,12-13H2,(H,26,28,30)/b18-10+. The number of ether oxygens (including phenoxy) is 1. The highest BCUT2D eigenvalue weighted by Gasteiger charge is 2.36. The number of hydrogen-bond donors (Lipinski definition) is 1. The van der Waals surface area contributed by atoms with Gasteiger partial charge in [0.15, 0.2) is 0 Å². The lowest BCUT2D eigenvalue weighted by Crippen LogP contribution is -2.53. The van der Waals surface area contributed by atoms with Gasteiger partial charge in [-0.05, 0) is 53.6 Å². The first kappa shape index (κ1) is 21.7. The van der Waals surface area contributed by atoms with E-state index in [2.05, 4.69) is 5.32 Å². The van der Waals surface area contributed by atoms with Gasteiger partial charge in [-0.25, -0.2) is 4.79 Å². The summed E-state index contributed by atoms with van der Waals surface area (Å²) in [5.41, 5.74) is 1.30. The van der Waals surface area contributed by atoms with Gasteiger partial charge >= 0.3 is 6.03 Å². The van der Waals surface area contributed by atoms with Gasteiger partial charge in [-0.3, -0.25) is 19.8 Å². The van der Waals surface area contributed by atoms with Crippen molar-refractivity contribution < 1.29 is 23.5 Å². The van der Waals surface area contributed by atoms with Gasteiger partial charge in [0.1, 0.15) is 23.7 Å². The van der Waals surface area contributed by atoms with E-state index in [9.17, 15) is 14.4 Å². The largest absolute Gasteiger partial charge is 0.489 e. The number of carbonyl (C=O) groups excluding carboxylic acids is 3. The van der Waals surface area contributed by atoms with Gasteiger partial charge in [-0.2, -0.15) is 0 Å². The maximum absolute atomic E-state index is 12.7. The van der Waals surface area contributed by atoms with Crippen LogP contribution in [0.4, 0.5) is 4.79 Å². The average molecular weight is 471 g/mol. The highest BCUT2D eigenvalue weighted by molar-refractivity contribution is 6.42. The van der Waals surface area contributed by atoms with Gasteiger partial charge in [0, 0.05) is 0 Å². The number of hydrogen-bond acceptors (Lipinski definition) is 5. The van der Waals surface area contributed by atoms with Crippen LogP contribution in [0.2, 0.25) is 10.0 Å². The van der Waals surface area contributed by atoms with E-state index in [0.717, 1.165) is 10.5 Å². The Balaban J connectivity index is 1.46. The molecule has 1 saturated heterocycles. The molecule has 7 nitrogen and oxygen atoms in total. The number of imide groups is 2. The van der Waals surface area contributed by atoms with Crippen molar-refractivity contribution in [1.29, 1.82) is 0 Å².